The first-order valence-corrected chi connectivity index (χ1v) is 14.3. The molecule has 236 valence electrons. The molecule has 7 rings (SSSR count). The minimum Gasteiger partial charge on any atom is -0.508 e. The van der Waals surface area contributed by atoms with Gasteiger partial charge in [-0.25, -0.2) is 9.59 Å². The summed E-state index contributed by atoms with van der Waals surface area (Å²) in [6, 6.07) is 13.6. The van der Waals surface area contributed by atoms with Crippen molar-refractivity contribution >= 4 is 17.7 Å². The van der Waals surface area contributed by atoms with E-state index in [9.17, 15) is 34.8 Å². The van der Waals surface area contributed by atoms with Crippen molar-refractivity contribution in [3.05, 3.63) is 65.7 Å². The molecule has 5 fully saturated rings. The van der Waals surface area contributed by atoms with Crippen LogP contribution >= 0.6 is 0 Å². The molecule has 44 heavy (non-hydrogen) atoms. The van der Waals surface area contributed by atoms with Gasteiger partial charge in [-0.1, -0.05) is 18.2 Å². The van der Waals surface area contributed by atoms with Crippen LogP contribution in [-0.4, -0.2) is 107 Å². The molecule has 2 heterocycles. The van der Waals surface area contributed by atoms with Crippen LogP contribution < -0.4 is 0 Å². The van der Waals surface area contributed by atoms with Crippen molar-refractivity contribution in [2.45, 2.75) is 68.0 Å². The van der Waals surface area contributed by atoms with Gasteiger partial charge in [0.15, 0.2) is 12.6 Å². The van der Waals surface area contributed by atoms with Gasteiger partial charge >= 0.3 is 11.9 Å². The van der Waals surface area contributed by atoms with Crippen molar-refractivity contribution in [1.29, 1.82) is 0 Å². The highest BCUT2D eigenvalue weighted by Crippen LogP contribution is 2.74. The van der Waals surface area contributed by atoms with E-state index in [1.165, 1.54) is 31.4 Å². The molecule has 4 bridgehead atoms. The summed E-state index contributed by atoms with van der Waals surface area (Å²) in [6.45, 7) is 0.843. The van der Waals surface area contributed by atoms with Crippen molar-refractivity contribution < 1.29 is 63.2 Å². The number of aliphatic hydroxyl groups is 3. The zero-order valence-corrected chi connectivity index (χ0v) is 24.0. The summed E-state index contributed by atoms with van der Waals surface area (Å²) >= 11 is 0. The summed E-state index contributed by atoms with van der Waals surface area (Å²) in [5, 5.41) is 41.9. The molecule has 0 amide bonds. The fourth-order valence-corrected chi connectivity index (χ4v) is 7.21. The van der Waals surface area contributed by atoms with Crippen molar-refractivity contribution in [3.8, 4) is 5.75 Å². The van der Waals surface area contributed by atoms with Crippen LogP contribution in [0, 0.1) is 11.3 Å². The summed E-state index contributed by atoms with van der Waals surface area (Å²) in [5.41, 5.74) is -3.61. The smallest absolute Gasteiger partial charge is 0.338 e. The Morgan fingerprint density at radius 2 is 1.59 bits per heavy atom. The number of aliphatic hydroxyl groups excluding tert-OH is 3. The van der Waals surface area contributed by atoms with E-state index in [-0.39, 0.29) is 42.1 Å². The fourth-order valence-electron chi connectivity index (χ4n) is 7.21. The van der Waals surface area contributed by atoms with Gasteiger partial charge in [-0.05, 0) is 49.7 Å². The van der Waals surface area contributed by atoms with Gasteiger partial charge in [0.05, 0.1) is 16.5 Å². The predicted octanol–water partition coefficient (Wildman–Crippen LogP) is 0.709. The Morgan fingerprint density at radius 3 is 2.27 bits per heavy atom. The maximum absolute atomic E-state index is 13.3. The first-order chi connectivity index (χ1) is 21.0. The number of rotatable bonds is 9. The van der Waals surface area contributed by atoms with Crippen LogP contribution in [0.25, 0.3) is 0 Å². The maximum Gasteiger partial charge on any atom is 0.338 e. The zero-order chi connectivity index (χ0) is 31.4. The molecule has 4 N–H and O–H groups in total. The van der Waals surface area contributed by atoms with Gasteiger partial charge < -0.3 is 48.8 Å². The van der Waals surface area contributed by atoms with Crippen molar-refractivity contribution in [2.75, 3.05) is 20.3 Å². The Morgan fingerprint density at radius 1 is 0.932 bits per heavy atom. The number of phenols is 1. The van der Waals surface area contributed by atoms with Gasteiger partial charge in [0.25, 0.3) is 0 Å². The average Bonchev–Trinajstić information content (AvgIpc) is 3.09. The summed E-state index contributed by atoms with van der Waals surface area (Å²) in [7, 11) is 1.39. The Bertz CT molecular complexity index is 1420. The molecule has 13 heteroatoms. The molecule has 3 saturated carbocycles. The number of methoxy groups -OCH3 is 1. The molecule has 2 aromatic carbocycles. The van der Waals surface area contributed by atoms with Gasteiger partial charge in [0, 0.05) is 19.4 Å². The van der Waals surface area contributed by atoms with Gasteiger partial charge in [-0.2, -0.15) is 0 Å². The molecule has 3 aliphatic carbocycles. The number of Topliss-reactive ketones (excluding diaryl/α,β-unsaturated/α-hetero) is 1. The monoisotopic (exact) mass is 614 g/mol. The Hall–Kier alpha value is -3.43. The van der Waals surface area contributed by atoms with Gasteiger partial charge in [0.2, 0.25) is 0 Å². The van der Waals surface area contributed by atoms with Crippen LogP contribution in [0.5, 0.6) is 5.75 Å². The normalized spacial score (nSPS) is 38.9. The lowest BCUT2D eigenvalue weighted by molar-refractivity contribution is -0.381. The summed E-state index contributed by atoms with van der Waals surface area (Å²) < 4.78 is 35.4. The topological polar surface area (TPSA) is 188 Å². The minimum atomic E-state index is -1.74. The van der Waals surface area contributed by atoms with E-state index in [0.717, 1.165) is 0 Å². The number of ether oxygens (including phenoxy) is 6. The molecular formula is C31H34O13. The van der Waals surface area contributed by atoms with E-state index in [0.29, 0.717) is 0 Å². The highest BCUT2D eigenvalue weighted by molar-refractivity contribution is 5.91. The number of phenolic OH excluding ortho intramolecular Hbond substituents is 1. The number of carbonyl (C=O) groups excluding carboxylic acids is 3. The number of esters is 2. The lowest BCUT2D eigenvalue weighted by Gasteiger charge is -2.66. The van der Waals surface area contributed by atoms with Crippen LogP contribution in [-0.2, 0) is 33.2 Å². The molecule has 0 spiro atoms. The zero-order valence-electron chi connectivity index (χ0n) is 24.0. The van der Waals surface area contributed by atoms with Gasteiger partial charge in [-0.15, -0.1) is 0 Å². The standard InChI is InChI=1S/C31H34O13/c1-29-13-20(33)19-12-31(29,30(19,28(39-2)44-29)15-41-26(38)17-8-10-18(32)11-9-17)43-27-24(36)23(35)22(34)21(42-27)14-40-25(37)16-6-4-3-5-7-16/h3-11,19,21-24,27-28,32,34-36H,12-15H2,1-2H3/t19-,21-,22-,23+,24-,27+,28+,29+,30+,31-/m1/s1. The van der Waals surface area contributed by atoms with Crippen molar-refractivity contribution in [2.24, 2.45) is 11.3 Å². The number of aromatic hydroxyl groups is 1. The SMILES string of the molecule is CO[C@H]1O[C@@]2(C)CC(=O)[C@H]3C[C@]2(O[C@@H]2O[C@H](COC(=O)c4ccccc4)[C@@H](O)[C@H](O)[C@H]2O)[C@]13COC(=O)c1ccc(O)cc1. The second-order valence-corrected chi connectivity index (χ2v) is 11.9. The molecule has 0 unspecified atom stereocenters. The van der Waals surface area contributed by atoms with Crippen LogP contribution in [0.15, 0.2) is 54.6 Å². The third-order valence-electron chi connectivity index (χ3n) is 9.54. The Kier molecular flexibility index (Phi) is 7.77. The second kappa shape index (κ2) is 11.2. The average molecular weight is 615 g/mol. The van der Waals surface area contributed by atoms with E-state index < -0.39 is 78.1 Å². The first-order valence-electron chi connectivity index (χ1n) is 14.3. The van der Waals surface area contributed by atoms with E-state index in [1.807, 2.05) is 0 Å². The number of ketones is 1. The number of hydrogen-bond donors (Lipinski definition) is 4. The van der Waals surface area contributed by atoms with Crippen LogP contribution in [0.3, 0.4) is 0 Å². The van der Waals surface area contributed by atoms with Crippen LogP contribution in [0.4, 0.5) is 0 Å². The molecule has 10 atom stereocenters. The largest absolute Gasteiger partial charge is 0.508 e. The third-order valence-corrected chi connectivity index (χ3v) is 9.54. The van der Waals surface area contributed by atoms with Crippen LogP contribution in [0.1, 0.15) is 40.5 Å². The first kappa shape index (κ1) is 30.6. The van der Waals surface area contributed by atoms with Gasteiger partial charge in [-0.3, -0.25) is 4.79 Å². The molecule has 2 saturated heterocycles. The van der Waals surface area contributed by atoms with Crippen LogP contribution in [0.2, 0.25) is 0 Å². The van der Waals surface area contributed by atoms with Crippen molar-refractivity contribution in [1.82, 2.24) is 0 Å². The Labute approximate surface area is 252 Å². The lowest BCUT2D eigenvalue weighted by Crippen LogP contribution is -2.80. The lowest BCUT2D eigenvalue weighted by atomic mass is 9.41. The quantitative estimate of drug-likeness (QED) is 0.290. The van der Waals surface area contributed by atoms with E-state index in [1.54, 1.807) is 37.3 Å². The molecule has 0 aromatic heterocycles. The number of benzene rings is 2. The summed E-state index contributed by atoms with van der Waals surface area (Å²) in [5.74, 6) is -2.25. The number of hydrogen-bond acceptors (Lipinski definition) is 13. The number of carbonyl (C=O) groups is 3. The second-order valence-electron chi connectivity index (χ2n) is 11.9. The molecule has 2 aliphatic heterocycles. The third kappa shape index (κ3) is 4.53. The number of fused-ring (bicyclic) bond motifs is 1. The summed E-state index contributed by atoms with van der Waals surface area (Å²) in [6.07, 6.45) is -8.93. The molecule has 13 nitrogen and oxygen atoms in total. The molecule has 5 aliphatic rings. The fraction of sp³-hybridized carbons (Fsp3) is 0.516. The highest BCUT2D eigenvalue weighted by Gasteiger charge is 2.87. The molecular weight excluding hydrogens is 580 g/mol. The van der Waals surface area contributed by atoms with Crippen molar-refractivity contribution in [3.63, 3.8) is 0 Å². The Balaban J connectivity index is 1.25. The maximum atomic E-state index is 13.3. The van der Waals surface area contributed by atoms with E-state index >= 15 is 0 Å². The molecule has 2 aromatic rings. The van der Waals surface area contributed by atoms with Gasteiger partial charge in [0.1, 0.15) is 60.4 Å². The summed E-state index contributed by atoms with van der Waals surface area (Å²) in [4.78, 5) is 38.7. The van der Waals surface area contributed by atoms with E-state index in [4.69, 9.17) is 28.4 Å². The minimum absolute atomic E-state index is 0.0301. The molecule has 0 radical (unpaired) electrons. The highest BCUT2D eigenvalue weighted by atomic mass is 16.8. The predicted molar refractivity (Wildman–Crippen MR) is 146 cm³/mol. The van der Waals surface area contributed by atoms with E-state index in [2.05, 4.69) is 0 Å².